The molecule has 4 rings (SSSR count). The molecule has 2 aromatic carbocycles. The van der Waals surface area contributed by atoms with E-state index in [0.29, 0.717) is 22.8 Å². The summed E-state index contributed by atoms with van der Waals surface area (Å²) in [6.45, 7) is 0.262. The molecule has 2 heterocycles. The van der Waals surface area contributed by atoms with Gasteiger partial charge < -0.3 is 15.7 Å². The van der Waals surface area contributed by atoms with Crippen LogP contribution in [-0.4, -0.2) is 65.6 Å². The number of anilines is 1. The number of hydrogen-bond acceptors (Lipinski definition) is 7. The van der Waals surface area contributed by atoms with Crippen LogP contribution in [0.15, 0.2) is 61.1 Å². The van der Waals surface area contributed by atoms with Crippen LogP contribution >= 0.6 is 11.6 Å². The van der Waals surface area contributed by atoms with Crippen LogP contribution < -0.4 is 16.0 Å². The van der Waals surface area contributed by atoms with Crippen LogP contribution in [0.5, 0.6) is 0 Å². The summed E-state index contributed by atoms with van der Waals surface area (Å²) in [5, 5.41) is 32.7. The molecule has 3 amide bonds. The highest BCUT2D eigenvalue weighted by Crippen LogP contribution is 2.19. The number of carbonyl (C=O) groups excluding carboxylic acids is 2. The molecule has 13 nitrogen and oxygen atoms in total. The number of carbonyl (C=O) groups is 3. The average molecular weight is 538 g/mol. The monoisotopic (exact) mass is 537 g/mol. The molecule has 4 N–H and O–H groups in total. The van der Waals surface area contributed by atoms with Gasteiger partial charge in [0.2, 0.25) is 5.91 Å². The van der Waals surface area contributed by atoms with E-state index in [1.54, 1.807) is 42.2 Å². The number of aromatic nitrogens is 6. The van der Waals surface area contributed by atoms with Crippen LogP contribution in [0.1, 0.15) is 21.6 Å². The van der Waals surface area contributed by atoms with E-state index in [9.17, 15) is 14.4 Å². The van der Waals surface area contributed by atoms with Crippen molar-refractivity contribution in [2.45, 2.75) is 18.9 Å². The summed E-state index contributed by atoms with van der Waals surface area (Å²) in [4.78, 5) is 36.9. The van der Waals surface area contributed by atoms with Gasteiger partial charge in [-0.2, -0.15) is 5.10 Å². The van der Waals surface area contributed by atoms with Crippen molar-refractivity contribution in [3.8, 4) is 5.69 Å². The van der Waals surface area contributed by atoms with Crippen molar-refractivity contribution in [2.24, 2.45) is 7.05 Å². The highest BCUT2D eigenvalue weighted by atomic mass is 35.5. The minimum Gasteiger partial charge on any atom is -0.465 e. The Labute approximate surface area is 221 Å². The first kappa shape index (κ1) is 26.3. The van der Waals surface area contributed by atoms with Gasteiger partial charge in [0, 0.05) is 42.5 Å². The maximum atomic E-state index is 13.2. The van der Waals surface area contributed by atoms with Gasteiger partial charge in [-0.15, -0.1) is 5.10 Å². The Morgan fingerprint density at radius 3 is 2.55 bits per heavy atom. The number of aryl methyl sites for hydroxylation is 1. The summed E-state index contributed by atoms with van der Waals surface area (Å²) in [6, 6.07) is 12.0. The first-order valence-electron chi connectivity index (χ1n) is 11.5. The van der Waals surface area contributed by atoms with Crippen LogP contribution in [0, 0.1) is 0 Å². The number of hydrogen-bond donors (Lipinski definition) is 4. The van der Waals surface area contributed by atoms with Gasteiger partial charge in [-0.05, 0) is 70.9 Å². The Bertz CT molecular complexity index is 1420. The molecule has 0 bridgehead atoms. The smallest absolute Gasteiger partial charge is 0.409 e. The predicted octanol–water partition coefficient (Wildman–Crippen LogP) is 1.84. The lowest BCUT2D eigenvalue weighted by Gasteiger charge is -2.18. The van der Waals surface area contributed by atoms with Crippen molar-refractivity contribution in [3.63, 3.8) is 0 Å². The SMILES string of the molecule is Cn1ccc(CC(NC(=O)c2ccc(NC(=O)O)cc2)C(=O)NCCc2cc(Cl)ccc2-n2cnnn2)n1. The van der Waals surface area contributed by atoms with Crippen LogP contribution in [0.2, 0.25) is 5.02 Å². The molecule has 1 unspecified atom stereocenters. The van der Waals surface area contributed by atoms with Gasteiger partial charge >= 0.3 is 6.09 Å². The highest BCUT2D eigenvalue weighted by molar-refractivity contribution is 6.30. The highest BCUT2D eigenvalue weighted by Gasteiger charge is 2.23. The standard InChI is InChI=1S/C24H24ClN9O4/c1-33-11-9-19(30-33)13-20(29-22(35)15-2-5-18(6-3-15)28-24(37)38)23(36)26-10-8-16-12-17(25)4-7-21(16)34-14-27-31-32-34/h2-7,9,11-12,14,20,28H,8,10,13H2,1H3,(H,26,36)(H,29,35)(H,37,38). The Balaban J connectivity index is 1.44. The number of carboxylic acid groups (broad SMARTS) is 1. The van der Waals surface area contributed by atoms with Gasteiger partial charge in [0.25, 0.3) is 5.91 Å². The van der Waals surface area contributed by atoms with E-state index in [2.05, 4.69) is 36.6 Å². The molecule has 14 heteroatoms. The molecule has 196 valence electrons. The molecule has 0 aliphatic carbocycles. The lowest BCUT2D eigenvalue weighted by molar-refractivity contribution is -0.122. The molecule has 0 radical (unpaired) electrons. The van der Waals surface area contributed by atoms with Gasteiger partial charge in [0.15, 0.2) is 0 Å². The molecule has 4 aromatic rings. The molecule has 0 aliphatic rings. The van der Waals surface area contributed by atoms with Crippen molar-refractivity contribution < 1.29 is 19.5 Å². The zero-order valence-corrected chi connectivity index (χ0v) is 21.0. The topological polar surface area (TPSA) is 169 Å². The second-order valence-corrected chi connectivity index (χ2v) is 8.72. The summed E-state index contributed by atoms with van der Waals surface area (Å²) in [6.07, 6.45) is 2.61. The second-order valence-electron chi connectivity index (χ2n) is 8.29. The lowest BCUT2D eigenvalue weighted by atomic mass is 10.1. The van der Waals surface area contributed by atoms with Gasteiger partial charge in [0.05, 0.1) is 11.4 Å². The summed E-state index contributed by atoms with van der Waals surface area (Å²) in [7, 11) is 1.76. The number of benzene rings is 2. The van der Waals surface area contributed by atoms with Crippen LogP contribution in [0.25, 0.3) is 5.69 Å². The summed E-state index contributed by atoms with van der Waals surface area (Å²) >= 11 is 6.17. The van der Waals surface area contributed by atoms with E-state index in [1.807, 2.05) is 0 Å². The fraction of sp³-hybridized carbons (Fsp3) is 0.208. The van der Waals surface area contributed by atoms with Crippen LogP contribution in [0.4, 0.5) is 10.5 Å². The fourth-order valence-electron chi connectivity index (χ4n) is 3.75. The maximum absolute atomic E-state index is 13.2. The van der Waals surface area contributed by atoms with E-state index < -0.39 is 18.0 Å². The molecule has 0 saturated carbocycles. The predicted molar refractivity (Wildman–Crippen MR) is 137 cm³/mol. The second kappa shape index (κ2) is 12.0. The lowest BCUT2D eigenvalue weighted by Crippen LogP contribution is -2.48. The summed E-state index contributed by atoms with van der Waals surface area (Å²) < 4.78 is 3.12. The average Bonchev–Trinajstić information content (AvgIpc) is 3.56. The van der Waals surface area contributed by atoms with Gasteiger partial charge in [-0.1, -0.05) is 11.6 Å². The number of amides is 3. The molecule has 0 fully saturated rings. The molecule has 0 aliphatic heterocycles. The van der Waals surface area contributed by atoms with E-state index in [4.69, 9.17) is 16.7 Å². The quantitative estimate of drug-likeness (QED) is 0.237. The van der Waals surface area contributed by atoms with Crippen LogP contribution in [-0.2, 0) is 24.7 Å². The molecule has 0 saturated heterocycles. The van der Waals surface area contributed by atoms with Gasteiger partial charge in [0.1, 0.15) is 12.4 Å². The third-order valence-corrected chi connectivity index (χ3v) is 5.77. The van der Waals surface area contributed by atoms with E-state index in [0.717, 1.165) is 11.3 Å². The number of rotatable bonds is 10. The number of nitrogens with zero attached hydrogens (tertiary/aromatic N) is 6. The normalized spacial score (nSPS) is 11.5. The van der Waals surface area contributed by atoms with Gasteiger partial charge in [-0.3, -0.25) is 19.6 Å². The minimum atomic E-state index is -1.21. The fourth-order valence-corrected chi connectivity index (χ4v) is 3.95. The molecule has 38 heavy (non-hydrogen) atoms. The van der Waals surface area contributed by atoms with Crippen molar-refractivity contribution in [1.82, 2.24) is 40.6 Å². The molecular formula is C24H24ClN9O4. The zero-order chi connectivity index (χ0) is 27.1. The first-order chi connectivity index (χ1) is 18.3. The van der Waals surface area contributed by atoms with Crippen LogP contribution in [0.3, 0.4) is 0 Å². The van der Waals surface area contributed by atoms with Crippen molar-refractivity contribution in [2.75, 3.05) is 11.9 Å². The number of tetrazole rings is 1. The zero-order valence-electron chi connectivity index (χ0n) is 20.2. The third-order valence-electron chi connectivity index (χ3n) is 5.53. The number of nitrogens with one attached hydrogen (secondary N) is 3. The Morgan fingerprint density at radius 1 is 1.11 bits per heavy atom. The molecule has 2 aromatic heterocycles. The van der Waals surface area contributed by atoms with Crippen molar-refractivity contribution in [1.29, 1.82) is 0 Å². The largest absolute Gasteiger partial charge is 0.465 e. The minimum absolute atomic E-state index is 0.171. The van der Waals surface area contributed by atoms with Crippen molar-refractivity contribution in [3.05, 3.63) is 82.9 Å². The molecule has 1 atom stereocenters. The first-order valence-corrected chi connectivity index (χ1v) is 11.8. The Morgan fingerprint density at radius 2 is 1.89 bits per heavy atom. The third kappa shape index (κ3) is 6.91. The summed E-state index contributed by atoms with van der Waals surface area (Å²) in [5.74, 6) is -0.877. The van der Waals surface area contributed by atoms with E-state index in [1.165, 1.54) is 35.3 Å². The maximum Gasteiger partial charge on any atom is 0.409 e. The van der Waals surface area contributed by atoms with Gasteiger partial charge in [-0.25, -0.2) is 9.48 Å². The summed E-state index contributed by atoms with van der Waals surface area (Å²) in [5.41, 5.74) is 2.77. The van der Waals surface area contributed by atoms with E-state index >= 15 is 0 Å². The Kier molecular flexibility index (Phi) is 8.28. The molecule has 0 spiro atoms. The van der Waals surface area contributed by atoms with Crippen molar-refractivity contribution >= 4 is 35.2 Å². The van der Waals surface area contributed by atoms with E-state index in [-0.39, 0.29) is 24.4 Å². The Hall–Kier alpha value is -4.78. The molecular weight excluding hydrogens is 514 g/mol. The number of halogens is 1.